The van der Waals surface area contributed by atoms with E-state index in [4.69, 9.17) is 9.72 Å². The molecule has 4 heterocycles. The summed E-state index contributed by atoms with van der Waals surface area (Å²) in [6, 6.07) is 4.56. The van der Waals surface area contributed by atoms with Crippen molar-refractivity contribution in [2.75, 3.05) is 19.8 Å². The first-order valence-electron chi connectivity index (χ1n) is 9.76. The lowest BCUT2D eigenvalue weighted by Gasteiger charge is -2.25. The molecule has 0 spiro atoms. The maximum absolute atomic E-state index is 13.7. The fraction of sp³-hybridized carbons (Fsp3) is 0.409. The maximum atomic E-state index is 13.7. The molecule has 1 N–H and O–H groups in total. The molecule has 8 heteroatoms. The van der Waals surface area contributed by atoms with Crippen molar-refractivity contribution in [3.05, 3.63) is 47.5 Å². The maximum Gasteiger partial charge on any atom is 0.263 e. The molecular weight excluding hydrogens is 392 g/mol. The summed E-state index contributed by atoms with van der Waals surface area (Å²) in [7, 11) is 1.84. The number of halogens is 2. The molecule has 0 bridgehead atoms. The monoisotopic (exact) mass is 415 g/mol. The quantitative estimate of drug-likeness (QED) is 0.668. The van der Waals surface area contributed by atoms with Gasteiger partial charge in [0, 0.05) is 48.5 Å². The highest BCUT2D eigenvalue weighted by Gasteiger charge is 2.38. The number of fused-ring (bicyclic) bond motifs is 1. The lowest BCUT2D eigenvalue weighted by atomic mass is 9.83. The summed E-state index contributed by atoms with van der Waals surface area (Å²) < 4.78 is 34.7. The molecule has 0 aliphatic carbocycles. The van der Waals surface area contributed by atoms with Crippen LogP contribution in [0.3, 0.4) is 0 Å². The van der Waals surface area contributed by atoms with E-state index in [2.05, 4.69) is 4.98 Å². The number of carbonyl (C=O) groups is 1. The summed E-state index contributed by atoms with van der Waals surface area (Å²) in [5, 5.41) is 10.8. The van der Waals surface area contributed by atoms with E-state index in [1.165, 1.54) is 19.1 Å². The van der Waals surface area contributed by atoms with Crippen LogP contribution in [0.1, 0.15) is 36.7 Å². The second-order valence-corrected chi connectivity index (χ2v) is 7.94. The second kappa shape index (κ2) is 7.85. The van der Waals surface area contributed by atoms with Gasteiger partial charge in [0.05, 0.1) is 41.7 Å². The normalized spacial score (nSPS) is 19.1. The number of hydrogen-bond donors (Lipinski definition) is 1. The van der Waals surface area contributed by atoms with Crippen molar-refractivity contribution >= 4 is 16.7 Å². The summed E-state index contributed by atoms with van der Waals surface area (Å²) >= 11 is 0. The molecule has 1 fully saturated rings. The van der Waals surface area contributed by atoms with Crippen LogP contribution in [0, 0.1) is 0 Å². The van der Waals surface area contributed by atoms with Gasteiger partial charge in [0.1, 0.15) is 5.78 Å². The topological polar surface area (TPSA) is 77.2 Å². The van der Waals surface area contributed by atoms with E-state index in [-0.39, 0.29) is 31.0 Å². The number of alkyl halides is 2. The fourth-order valence-electron chi connectivity index (χ4n) is 3.98. The molecule has 3 aromatic rings. The highest BCUT2D eigenvalue weighted by atomic mass is 19.3. The zero-order valence-electron chi connectivity index (χ0n) is 16.9. The van der Waals surface area contributed by atoms with Crippen molar-refractivity contribution in [1.29, 1.82) is 0 Å². The van der Waals surface area contributed by atoms with E-state index in [1.54, 1.807) is 6.20 Å². The third-order valence-corrected chi connectivity index (χ3v) is 5.69. The molecule has 0 radical (unpaired) electrons. The molecule has 30 heavy (non-hydrogen) atoms. The van der Waals surface area contributed by atoms with Gasteiger partial charge in [-0.25, -0.2) is 8.78 Å². The molecule has 1 saturated heterocycles. The van der Waals surface area contributed by atoms with Gasteiger partial charge in [-0.3, -0.25) is 14.8 Å². The molecule has 0 unspecified atom stereocenters. The zero-order chi connectivity index (χ0) is 21.5. The molecule has 1 atom stereocenters. The van der Waals surface area contributed by atoms with Gasteiger partial charge in [0.15, 0.2) is 0 Å². The molecule has 0 saturated carbocycles. The molecule has 0 aromatic carbocycles. The van der Waals surface area contributed by atoms with Crippen LogP contribution in [0.2, 0.25) is 0 Å². The van der Waals surface area contributed by atoms with Gasteiger partial charge in [0.2, 0.25) is 0 Å². The summed E-state index contributed by atoms with van der Waals surface area (Å²) in [5.41, 5.74) is 1.97. The summed E-state index contributed by atoms with van der Waals surface area (Å²) in [5.74, 6) is -0.00874. The Labute approximate surface area is 172 Å². The number of ketones is 1. The van der Waals surface area contributed by atoms with E-state index in [0.717, 1.165) is 10.9 Å². The number of nitrogens with zero attached hydrogens (tertiary/aromatic N) is 3. The minimum Gasteiger partial charge on any atom is -0.395 e. The molecule has 4 rings (SSSR count). The lowest BCUT2D eigenvalue weighted by Crippen LogP contribution is -2.32. The van der Waals surface area contributed by atoms with E-state index in [0.29, 0.717) is 35.7 Å². The van der Waals surface area contributed by atoms with Crippen molar-refractivity contribution in [1.82, 2.24) is 14.5 Å². The number of Topliss-reactive ketones (excluding diaryl/α,β-unsaturated/α-hetero) is 1. The van der Waals surface area contributed by atoms with Crippen LogP contribution in [-0.4, -0.2) is 45.2 Å². The number of hydrogen-bond acceptors (Lipinski definition) is 5. The van der Waals surface area contributed by atoms with Gasteiger partial charge in [-0.1, -0.05) is 0 Å². The van der Waals surface area contributed by atoms with Crippen LogP contribution < -0.4 is 0 Å². The van der Waals surface area contributed by atoms with Crippen molar-refractivity contribution < 1.29 is 23.4 Å². The minimum absolute atomic E-state index is 0.00874. The van der Waals surface area contributed by atoms with E-state index in [1.807, 2.05) is 23.9 Å². The Bertz CT molecular complexity index is 1100. The largest absolute Gasteiger partial charge is 0.395 e. The smallest absolute Gasteiger partial charge is 0.263 e. The Balaban J connectivity index is 1.91. The first-order chi connectivity index (χ1) is 14.3. The van der Waals surface area contributed by atoms with Crippen LogP contribution in [0.4, 0.5) is 8.78 Å². The Hall–Kier alpha value is -2.71. The van der Waals surface area contributed by atoms with Gasteiger partial charge in [-0.2, -0.15) is 0 Å². The van der Waals surface area contributed by atoms with Gasteiger partial charge in [0.25, 0.3) is 6.43 Å². The summed E-state index contributed by atoms with van der Waals surface area (Å²) in [4.78, 5) is 20.5. The van der Waals surface area contributed by atoms with Crippen LogP contribution in [-0.2, 0) is 28.4 Å². The van der Waals surface area contributed by atoms with Crippen LogP contribution >= 0.6 is 0 Å². The highest BCUT2D eigenvalue weighted by molar-refractivity contribution is 5.95. The van der Waals surface area contributed by atoms with Crippen LogP contribution in [0.15, 0.2) is 30.6 Å². The molecule has 3 aromatic heterocycles. The first kappa shape index (κ1) is 20.6. The molecule has 0 amide bonds. The van der Waals surface area contributed by atoms with Gasteiger partial charge < -0.3 is 14.4 Å². The molecule has 158 valence electrons. The standard InChI is InChI=1S/C22H23F2N3O3/c1-13(29)5-15-8-16-17(10-27(2)19(16)9-25-15)18-6-14(21(23)24)7-20(26-18)22(11-28)3-4-30-12-22/h6-10,21,28H,3-5,11-12H2,1-2H3/t22-/m0/s1. The first-order valence-corrected chi connectivity index (χ1v) is 9.76. The predicted molar refractivity (Wildman–Crippen MR) is 107 cm³/mol. The minimum atomic E-state index is -2.67. The number of aliphatic hydroxyl groups excluding tert-OH is 1. The van der Waals surface area contributed by atoms with Crippen LogP contribution in [0.5, 0.6) is 0 Å². The van der Waals surface area contributed by atoms with Gasteiger partial charge in [-0.15, -0.1) is 0 Å². The number of aryl methyl sites for hydroxylation is 1. The Morgan fingerprint density at radius 1 is 1.37 bits per heavy atom. The SMILES string of the molecule is CC(=O)Cc1cc2c(-c3cc(C(F)F)cc([C@]4(CO)CCOC4)n3)cn(C)c2cn1. The predicted octanol–water partition coefficient (Wildman–Crippen LogP) is 3.35. The number of carbonyl (C=O) groups excluding carboxylic acids is 1. The third-order valence-electron chi connectivity index (χ3n) is 5.69. The summed E-state index contributed by atoms with van der Waals surface area (Å²) in [6.45, 7) is 1.96. The number of aliphatic hydroxyl groups is 1. The van der Waals surface area contributed by atoms with Crippen molar-refractivity contribution in [3.8, 4) is 11.3 Å². The number of aromatic nitrogens is 3. The number of ether oxygens (including phenoxy) is 1. The molecule has 1 aliphatic heterocycles. The average molecular weight is 415 g/mol. The lowest BCUT2D eigenvalue weighted by molar-refractivity contribution is -0.116. The van der Waals surface area contributed by atoms with Crippen molar-refractivity contribution in [2.24, 2.45) is 7.05 Å². The fourth-order valence-corrected chi connectivity index (χ4v) is 3.98. The highest BCUT2D eigenvalue weighted by Crippen LogP contribution is 2.37. The van der Waals surface area contributed by atoms with E-state index < -0.39 is 11.8 Å². The average Bonchev–Trinajstić information content (AvgIpc) is 3.33. The van der Waals surface area contributed by atoms with Crippen molar-refractivity contribution in [3.63, 3.8) is 0 Å². The van der Waals surface area contributed by atoms with Gasteiger partial charge >= 0.3 is 0 Å². The Kier molecular flexibility index (Phi) is 5.38. The van der Waals surface area contributed by atoms with Crippen LogP contribution in [0.25, 0.3) is 22.2 Å². The zero-order valence-corrected chi connectivity index (χ0v) is 16.9. The number of rotatable bonds is 6. The van der Waals surface area contributed by atoms with Crippen molar-refractivity contribution in [2.45, 2.75) is 31.6 Å². The Morgan fingerprint density at radius 2 is 2.17 bits per heavy atom. The molecule has 6 nitrogen and oxygen atoms in total. The van der Waals surface area contributed by atoms with Gasteiger partial charge in [-0.05, 0) is 31.5 Å². The third kappa shape index (κ3) is 3.61. The molecular formula is C22H23F2N3O3. The second-order valence-electron chi connectivity index (χ2n) is 7.94. The summed E-state index contributed by atoms with van der Waals surface area (Å²) in [6.07, 6.45) is 1.54. The molecule has 1 aliphatic rings. The Morgan fingerprint density at radius 3 is 2.80 bits per heavy atom. The van der Waals surface area contributed by atoms with E-state index >= 15 is 0 Å². The number of pyridine rings is 2. The van der Waals surface area contributed by atoms with E-state index in [9.17, 15) is 18.7 Å².